The lowest BCUT2D eigenvalue weighted by Crippen LogP contribution is -2.15. The van der Waals surface area contributed by atoms with Crippen LogP contribution >= 0.6 is 11.6 Å². The summed E-state index contributed by atoms with van der Waals surface area (Å²) in [7, 11) is 1.25. The van der Waals surface area contributed by atoms with Crippen LogP contribution in [0.5, 0.6) is 0 Å². The highest BCUT2D eigenvalue weighted by atomic mass is 35.5. The van der Waals surface area contributed by atoms with Crippen LogP contribution in [-0.2, 0) is 16.0 Å². The number of hydrogen-bond donors (Lipinski definition) is 1. The summed E-state index contributed by atoms with van der Waals surface area (Å²) in [4.78, 5) is 27.3. The second kappa shape index (κ2) is 6.36. The molecule has 8 heteroatoms. The average molecular weight is 310 g/mol. The molecule has 7 nitrogen and oxygen atoms in total. The van der Waals surface area contributed by atoms with E-state index in [1.54, 1.807) is 13.0 Å². The van der Waals surface area contributed by atoms with Crippen molar-refractivity contribution in [3.05, 3.63) is 40.5 Å². The van der Waals surface area contributed by atoms with Crippen LogP contribution in [0.4, 0.5) is 5.69 Å². The molecule has 1 heterocycles. The second-order valence-electron chi connectivity index (χ2n) is 4.14. The number of halogens is 1. The molecule has 21 heavy (non-hydrogen) atoms. The maximum atomic E-state index is 11.8. The Labute approximate surface area is 125 Å². The molecule has 0 fully saturated rings. The second-order valence-corrected chi connectivity index (χ2v) is 4.55. The summed E-state index contributed by atoms with van der Waals surface area (Å²) in [5.41, 5.74) is 0.595. The number of ether oxygens (including phenoxy) is 1. The summed E-state index contributed by atoms with van der Waals surface area (Å²) in [6.07, 6.45) is -0.0342. The molecule has 1 amide bonds. The molecule has 0 bridgehead atoms. The Kier molecular flexibility index (Phi) is 4.54. The molecule has 1 N–H and O–H groups in total. The molecule has 0 saturated heterocycles. The minimum Gasteiger partial charge on any atom is -0.465 e. The van der Waals surface area contributed by atoms with E-state index < -0.39 is 5.97 Å². The van der Waals surface area contributed by atoms with Crippen LogP contribution in [0.25, 0.3) is 0 Å². The van der Waals surface area contributed by atoms with E-state index in [-0.39, 0.29) is 28.7 Å². The van der Waals surface area contributed by atoms with Gasteiger partial charge in [0.2, 0.25) is 11.8 Å². The number of aromatic nitrogens is 2. The third kappa shape index (κ3) is 3.79. The predicted molar refractivity (Wildman–Crippen MR) is 74.2 cm³/mol. The van der Waals surface area contributed by atoms with Gasteiger partial charge in [0.1, 0.15) is 0 Å². The number of carbonyl (C=O) groups excluding carboxylic acids is 2. The number of amides is 1. The van der Waals surface area contributed by atoms with Crippen LogP contribution in [0.3, 0.4) is 0 Å². The Morgan fingerprint density at radius 1 is 1.43 bits per heavy atom. The molecule has 110 valence electrons. The fraction of sp³-hybridized carbons (Fsp3) is 0.231. The van der Waals surface area contributed by atoms with Crippen LogP contribution < -0.4 is 5.32 Å². The van der Waals surface area contributed by atoms with Crippen molar-refractivity contribution in [3.63, 3.8) is 0 Å². The van der Waals surface area contributed by atoms with Crippen LogP contribution in [0, 0.1) is 6.92 Å². The zero-order valence-electron chi connectivity index (χ0n) is 11.3. The van der Waals surface area contributed by atoms with Crippen LogP contribution in [0.2, 0.25) is 5.02 Å². The molecule has 0 atom stereocenters. The number of benzene rings is 1. The lowest BCUT2D eigenvalue weighted by molar-refractivity contribution is -0.115. The van der Waals surface area contributed by atoms with Gasteiger partial charge in [-0.05, 0) is 18.2 Å². The maximum absolute atomic E-state index is 11.8. The van der Waals surface area contributed by atoms with Gasteiger partial charge in [0, 0.05) is 12.6 Å². The first-order valence-corrected chi connectivity index (χ1v) is 6.34. The quantitative estimate of drug-likeness (QED) is 0.868. The van der Waals surface area contributed by atoms with Crippen molar-refractivity contribution in [2.24, 2.45) is 0 Å². The molecular formula is C13H12ClN3O4. The Morgan fingerprint density at radius 2 is 2.19 bits per heavy atom. The number of rotatable bonds is 4. The number of aryl methyl sites for hydroxylation is 1. The van der Waals surface area contributed by atoms with E-state index in [0.29, 0.717) is 11.6 Å². The minimum absolute atomic E-state index is 0.0342. The Bertz CT molecular complexity index is 684. The van der Waals surface area contributed by atoms with Crippen molar-refractivity contribution in [2.45, 2.75) is 13.3 Å². The molecule has 0 aliphatic carbocycles. The minimum atomic E-state index is -0.579. The Hall–Kier alpha value is -2.41. The van der Waals surface area contributed by atoms with Crippen LogP contribution in [-0.4, -0.2) is 29.1 Å². The van der Waals surface area contributed by atoms with Gasteiger partial charge in [0.15, 0.2) is 5.82 Å². The van der Waals surface area contributed by atoms with Crippen molar-refractivity contribution >= 4 is 29.2 Å². The molecule has 2 aromatic rings. The first-order chi connectivity index (χ1) is 9.99. The SMILES string of the molecule is COC(=O)c1cc(NC(=O)Cc2noc(C)n2)ccc1Cl. The fourth-order valence-corrected chi connectivity index (χ4v) is 1.83. The van der Waals surface area contributed by atoms with Gasteiger partial charge in [-0.15, -0.1) is 0 Å². The van der Waals surface area contributed by atoms with E-state index in [0.717, 1.165) is 0 Å². The van der Waals surface area contributed by atoms with Crippen molar-refractivity contribution in [2.75, 3.05) is 12.4 Å². The standard InChI is InChI=1S/C13H12ClN3O4/c1-7-15-11(17-21-7)6-12(18)16-8-3-4-10(14)9(5-8)13(19)20-2/h3-5H,6H2,1-2H3,(H,16,18). The normalized spacial score (nSPS) is 10.2. The molecule has 0 aliphatic heterocycles. The highest BCUT2D eigenvalue weighted by molar-refractivity contribution is 6.33. The van der Waals surface area contributed by atoms with Crippen molar-refractivity contribution in [1.29, 1.82) is 0 Å². The molecule has 1 aromatic carbocycles. The summed E-state index contributed by atoms with van der Waals surface area (Å²) in [5, 5.41) is 6.49. The first-order valence-electron chi connectivity index (χ1n) is 5.96. The fourth-order valence-electron chi connectivity index (χ4n) is 1.63. The third-order valence-corrected chi connectivity index (χ3v) is 2.87. The topological polar surface area (TPSA) is 94.3 Å². The third-order valence-electron chi connectivity index (χ3n) is 2.54. The van der Waals surface area contributed by atoms with Gasteiger partial charge < -0.3 is 14.6 Å². The molecular weight excluding hydrogens is 298 g/mol. The van der Waals surface area contributed by atoms with E-state index in [2.05, 4.69) is 20.2 Å². The summed E-state index contributed by atoms with van der Waals surface area (Å²) in [5.74, 6) is -0.247. The predicted octanol–water partition coefficient (Wildman–Crippen LogP) is 2.00. The molecule has 0 aliphatic rings. The van der Waals surface area contributed by atoms with Gasteiger partial charge in [0.25, 0.3) is 0 Å². The number of esters is 1. The number of methoxy groups -OCH3 is 1. The van der Waals surface area contributed by atoms with Gasteiger partial charge in [-0.25, -0.2) is 4.79 Å². The van der Waals surface area contributed by atoms with Crippen molar-refractivity contribution in [1.82, 2.24) is 10.1 Å². The highest BCUT2D eigenvalue weighted by Gasteiger charge is 2.14. The highest BCUT2D eigenvalue weighted by Crippen LogP contribution is 2.21. The lowest BCUT2D eigenvalue weighted by Gasteiger charge is -2.07. The zero-order chi connectivity index (χ0) is 15.4. The van der Waals surface area contributed by atoms with Gasteiger partial charge in [0.05, 0.1) is 24.1 Å². The molecule has 0 saturated carbocycles. The van der Waals surface area contributed by atoms with E-state index in [4.69, 9.17) is 16.1 Å². The summed E-state index contributed by atoms with van der Waals surface area (Å²) >= 11 is 5.89. The van der Waals surface area contributed by atoms with Gasteiger partial charge in [-0.2, -0.15) is 4.98 Å². The Morgan fingerprint density at radius 3 is 2.81 bits per heavy atom. The zero-order valence-corrected chi connectivity index (χ0v) is 12.1. The monoisotopic (exact) mass is 309 g/mol. The first kappa shape index (κ1) is 15.0. The Balaban J connectivity index is 2.08. The van der Waals surface area contributed by atoms with Crippen LogP contribution in [0.1, 0.15) is 22.1 Å². The van der Waals surface area contributed by atoms with E-state index in [1.807, 2.05) is 0 Å². The van der Waals surface area contributed by atoms with Gasteiger partial charge in [-0.1, -0.05) is 16.8 Å². The van der Waals surface area contributed by atoms with Crippen LogP contribution in [0.15, 0.2) is 22.7 Å². The number of nitrogens with zero attached hydrogens (tertiary/aromatic N) is 2. The maximum Gasteiger partial charge on any atom is 0.339 e. The number of nitrogens with one attached hydrogen (secondary N) is 1. The smallest absolute Gasteiger partial charge is 0.339 e. The number of carbonyl (C=O) groups is 2. The molecule has 2 rings (SSSR count). The average Bonchev–Trinajstić information content (AvgIpc) is 2.85. The van der Waals surface area contributed by atoms with E-state index in [1.165, 1.54) is 19.2 Å². The van der Waals surface area contributed by atoms with Gasteiger partial charge in [-0.3, -0.25) is 4.79 Å². The molecule has 0 spiro atoms. The molecule has 0 unspecified atom stereocenters. The van der Waals surface area contributed by atoms with Crippen molar-refractivity contribution in [3.8, 4) is 0 Å². The summed E-state index contributed by atoms with van der Waals surface area (Å²) < 4.78 is 9.38. The van der Waals surface area contributed by atoms with E-state index >= 15 is 0 Å². The number of anilines is 1. The summed E-state index contributed by atoms with van der Waals surface area (Å²) in [6, 6.07) is 4.52. The van der Waals surface area contributed by atoms with Crippen molar-refractivity contribution < 1.29 is 18.8 Å². The largest absolute Gasteiger partial charge is 0.465 e. The molecule has 1 aromatic heterocycles. The number of hydrogen-bond acceptors (Lipinski definition) is 6. The summed E-state index contributed by atoms with van der Waals surface area (Å²) in [6.45, 7) is 1.64. The molecule has 0 radical (unpaired) electrons. The van der Waals surface area contributed by atoms with E-state index in [9.17, 15) is 9.59 Å². The van der Waals surface area contributed by atoms with Gasteiger partial charge >= 0.3 is 5.97 Å². The lowest BCUT2D eigenvalue weighted by atomic mass is 10.2.